The summed E-state index contributed by atoms with van der Waals surface area (Å²) >= 11 is 6.08. The van der Waals surface area contributed by atoms with E-state index in [0.29, 0.717) is 36.9 Å². The van der Waals surface area contributed by atoms with Crippen LogP contribution in [0.1, 0.15) is 15.9 Å². The molecule has 2 aromatic carbocycles. The van der Waals surface area contributed by atoms with Crippen molar-refractivity contribution < 1.29 is 17.9 Å². The SMILES string of the molecule is Cc1ccc(NCC(=O)c2ccc(S(=O)(=O)N3CCOCC3)cc2)cc1Cl. The molecule has 1 fully saturated rings. The molecule has 0 saturated carbocycles. The van der Waals surface area contributed by atoms with Gasteiger partial charge in [0.2, 0.25) is 10.0 Å². The number of benzene rings is 2. The molecule has 3 rings (SSSR count). The Hall–Kier alpha value is -1.93. The van der Waals surface area contributed by atoms with E-state index in [1.165, 1.54) is 16.4 Å². The van der Waals surface area contributed by atoms with E-state index in [1.54, 1.807) is 18.2 Å². The molecule has 8 heteroatoms. The lowest BCUT2D eigenvalue weighted by molar-refractivity contribution is 0.0730. The standard InChI is InChI=1S/C19H21ClN2O4S/c1-14-2-5-16(12-18(14)20)21-13-19(23)15-3-6-17(7-4-15)27(24,25)22-8-10-26-11-9-22/h2-7,12,21H,8-11,13H2,1H3. The van der Waals surface area contributed by atoms with E-state index in [2.05, 4.69) is 5.32 Å². The second-order valence-corrected chi connectivity index (χ2v) is 8.63. The van der Waals surface area contributed by atoms with E-state index in [1.807, 2.05) is 19.1 Å². The number of hydrogen-bond acceptors (Lipinski definition) is 5. The number of aryl methyl sites for hydroxylation is 1. The van der Waals surface area contributed by atoms with Gasteiger partial charge in [-0.25, -0.2) is 8.42 Å². The second-order valence-electron chi connectivity index (χ2n) is 6.28. The van der Waals surface area contributed by atoms with Crippen molar-refractivity contribution in [3.8, 4) is 0 Å². The summed E-state index contributed by atoms with van der Waals surface area (Å²) in [6, 6.07) is 11.5. The van der Waals surface area contributed by atoms with Crippen LogP contribution in [0.5, 0.6) is 0 Å². The summed E-state index contributed by atoms with van der Waals surface area (Å²) in [7, 11) is -3.56. The highest BCUT2D eigenvalue weighted by molar-refractivity contribution is 7.89. The number of anilines is 1. The van der Waals surface area contributed by atoms with Gasteiger partial charge in [0.15, 0.2) is 5.78 Å². The first-order valence-corrected chi connectivity index (χ1v) is 10.4. The number of halogens is 1. The first-order valence-electron chi connectivity index (χ1n) is 8.59. The van der Waals surface area contributed by atoms with Crippen LogP contribution in [-0.4, -0.2) is 51.4 Å². The van der Waals surface area contributed by atoms with Crippen molar-refractivity contribution in [3.63, 3.8) is 0 Å². The highest BCUT2D eigenvalue weighted by Crippen LogP contribution is 2.20. The second kappa shape index (κ2) is 8.39. The van der Waals surface area contributed by atoms with Gasteiger partial charge in [-0.1, -0.05) is 17.7 Å². The van der Waals surface area contributed by atoms with Crippen LogP contribution in [0.4, 0.5) is 5.69 Å². The smallest absolute Gasteiger partial charge is 0.243 e. The Morgan fingerprint density at radius 2 is 1.81 bits per heavy atom. The van der Waals surface area contributed by atoms with Crippen molar-refractivity contribution in [3.05, 3.63) is 58.6 Å². The molecular weight excluding hydrogens is 388 g/mol. The van der Waals surface area contributed by atoms with Crippen LogP contribution >= 0.6 is 11.6 Å². The maximum atomic E-state index is 12.6. The Balaban J connectivity index is 1.65. The van der Waals surface area contributed by atoms with Crippen molar-refractivity contribution in [1.29, 1.82) is 0 Å². The average Bonchev–Trinajstić information content (AvgIpc) is 2.69. The van der Waals surface area contributed by atoms with Gasteiger partial charge in [0.1, 0.15) is 0 Å². The summed E-state index contributed by atoms with van der Waals surface area (Å²) in [5, 5.41) is 3.66. The normalized spacial score (nSPS) is 15.5. The van der Waals surface area contributed by atoms with E-state index in [-0.39, 0.29) is 17.2 Å². The molecule has 2 aromatic rings. The average molecular weight is 409 g/mol. The number of carbonyl (C=O) groups excluding carboxylic acids is 1. The van der Waals surface area contributed by atoms with Crippen molar-refractivity contribution in [2.45, 2.75) is 11.8 Å². The third kappa shape index (κ3) is 4.68. The maximum absolute atomic E-state index is 12.6. The monoisotopic (exact) mass is 408 g/mol. The number of ketones is 1. The molecule has 0 aliphatic carbocycles. The number of Topliss-reactive ketones (excluding diaryl/α,β-unsaturated/α-hetero) is 1. The zero-order valence-corrected chi connectivity index (χ0v) is 16.5. The van der Waals surface area contributed by atoms with Gasteiger partial charge in [0, 0.05) is 29.4 Å². The molecule has 1 heterocycles. The molecule has 0 aromatic heterocycles. The number of sulfonamides is 1. The predicted octanol–water partition coefficient (Wildman–Crippen LogP) is 2.96. The highest BCUT2D eigenvalue weighted by Gasteiger charge is 2.26. The summed E-state index contributed by atoms with van der Waals surface area (Å²) in [6.45, 7) is 3.46. The molecule has 1 saturated heterocycles. The fraction of sp³-hybridized carbons (Fsp3) is 0.316. The van der Waals surface area contributed by atoms with Crippen molar-refractivity contribution in [2.75, 3.05) is 38.2 Å². The van der Waals surface area contributed by atoms with Gasteiger partial charge < -0.3 is 10.1 Å². The molecule has 0 atom stereocenters. The Bertz CT molecular complexity index is 923. The zero-order valence-electron chi connectivity index (χ0n) is 14.9. The summed E-state index contributed by atoms with van der Waals surface area (Å²) in [4.78, 5) is 12.5. The fourth-order valence-electron chi connectivity index (χ4n) is 2.74. The van der Waals surface area contributed by atoms with Crippen molar-refractivity contribution >= 4 is 33.1 Å². The van der Waals surface area contributed by atoms with Crippen LogP contribution in [0.25, 0.3) is 0 Å². The molecule has 6 nitrogen and oxygen atoms in total. The Kier molecular flexibility index (Phi) is 6.16. The van der Waals surface area contributed by atoms with Crippen LogP contribution in [0.3, 0.4) is 0 Å². The number of morpholine rings is 1. The highest BCUT2D eigenvalue weighted by atomic mass is 35.5. The Morgan fingerprint density at radius 1 is 1.15 bits per heavy atom. The number of carbonyl (C=O) groups is 1. The van der Waals surface area contributed by atoms with Gasteiger partial charge in [-0.2, -0.15) is 4.31 Å². The molecule has 0 radical (unpaired) electrons. The topological polar surface area (TPSA) is 75.7 Å². The van der Waals surface area contributed by atoms with Gasteiger partial charge in [-0.05, 0) is 48.9 Å². The Morgan fingerprint density at radius 3 is 2.44 bits per heavy atom. The first kappa shape index (κ1) is 19.8. The van der Waals surface area contributed by atoms with E-state index in [0.717, 1.165) is 11.3 Å². The summed E-state index contributed by atoms with van der Waals surface area (Å²) in [5.74, 6) is -0.137. The largest absolute Gasteiger partial charge is 0.379 e. The third-order valence-electron chi connectivity index (χ3n) is 4.41. The first-order chi connectivity index (χ1) is 12.9. The Labute approximate surface area is 164 Å². The molecule has 144 valence electrons. The molecule has 0 unspecified atom stereocenters. The maximum Gasteiger partial charge on any atom is 0.243 e. The van der Waals surface area contributed by atoms with E-state index in [4.69, 9.17) is 16.3 Å². The predicted molar refractivity (Wildman–Crippen MR) is 105 cm³/mol. The molecule has 1 aliphatic rings. The zero-order chi connectivity index (χ0) is 19.4. The van der Waals surface area contributed by atoms with Gasteiger partial charge >= 0.3 is 0 Å². The van der Waals surface area contributed by atoms with Crippen LogP contribution in [0, 0.1) is 6.92 Å². The molecular formula is C19H21ClN2O4S. The lowest BCUT2D eigenvalue weighted by Gasteiger charge is -2.26. The number of nitrogens with one attached hydrogen (secondary N) is 1. The van der Waals surface area contributed by atoms with E-state index in [9.17, 15) is 13.2 Å². The van der Waals surface area contributed by atoms with Crippen LogP contribution < -0.4 is 5.32 Å². The molecule has 27 heavy (non-hydrogen) atoms. The molecule has 0 amide bonds. The van der Waals surface area contributed by atoms with Gasteiger partial charge in [-0.3, -0.25) is 4.79 Å². The minimum Gasteiger partial charge on any atom is -0.379 e. The minimum absolute atomic E-state index is 0.0922. The fourth-order valence-corrected chi connectivity index (χ4v) is 4.32. The summed E-state index contributed by atoms with van der Waals surface area (Å²) in [6.07, 6.45) is 0. The van der Waals surface area contributed by atoms with Crippen LogP contribution in [-0.2, 0) is 14.8 Å². The number of ether oxygens (including phenoxy) is 1. The summed E-state index contributed by atoms with van der Waals surface area (Å²) in [5.41, 5.74) is 2.16. The molecule has 0 spiro atoms. The molecule has 0 bridgehead atoms. The number of hydrogen-bond donors (Lipinski definition) is 1. The van der Waals surface area contributed by atoms with Crippen LogP contribution in [0.2, 0.25) is 5.02 Å². The lowest BCUT2D eigenvalue weighted by Crippen LogP contribution is -2.40. The van der Waals surface area contributed by atoms with Crippen molar-refractivity contribution in [2.24, 2.45) is 0 Å². The van der Waals surface area contributed by atoms with Crippen molar-refractivity contribution in [1.82, 2.24) is 4.31 Å². The third-order valence-corrected chi connectivity index (χ3v) is 6.73. The van der Waals surface area contributed by atoms with Crippen LogP contribution in [0.15, 0.2) is 47.4 Å². The minimum atomic E-state index is -3.56. The van der Waals surface area contributed by atoms with Gasteiger partial charge in [-0.15, -0.1) is 0 Å². The quantitative estimate of drug-likeness (QED) is 0.743. The molecule has 1 N–H and O–H groups in total. The van der Waals surface area contributed by atoms with E-state index < -0.39 is 10.0 Å². The summed E-state index contributed by atoms with van der Waals surface area (Å²) < 4.78 is 31.8. The number of rotatable bonds is 6. The lowest BCUT2D eigenvalue weighted by atomic mass is 10.1. The van der Waals surface area contributed by atoms with Gasteiger partial charge in [0.05, 0.1) is 24.7 Å². The van der Waals surface area contributed by atoms with Gasteiger partial charge in [0.25, 0.3) is 0 Å². The molecule has 1 aliphatic heterocycles. The van der Waals surface area contributed by atoms with E-state index >= 15 is 0 Å². The number of nitrogens with zero attached hydrogens (tertiary/aromatic N) is 1.